The Hall–Kier alpha value is -2.15. The first kappa shape index (κ1) is 16.9. The number of nitro benzene ring substituents is 1. The number of benzene rings is 1. The topological polar surface area (TPSA) is 102 Å². The fraction of sp³-hybridized carbons (Fsp3) is 0.500. The highest BCUT2D eigenvalue weighted by Gasteiger charge is 2.25. The highest BCUT2D eigenvalue weighted by atomic mass is 16.6. The summed E-state index contributed by atoms with van der Waals surface area (Å²) in [5, 5.41) is 22.6. The highest BCUT2D eigenvalue weighted by molar-refractivity contribution is 6.00. The lowest BCUT2D eigenvalue weighted by Crippen LogP contribution is -2.30. The normalized spacial score (nSPS) is 11.8. The smallest absolute Gasteiger partial charge is 0.285 e. The number of carbonyl (C=O) groups excluding carboxylic acids is 1. The molecule has 0 aliphatic heterocycles. The maximum atomic E-state index is 12.2. The molecule has 7 nitrogen and oxygen atoms in total. The maximum absolute atomic E-state index is 12.2. The number of carbonyl (C=O) groups is 1. The summed E-state index contributed by atoms with van der Waals surface area (Å²) in [4.78, 5) is 22.6. The summed E-state index contributed by atoms with van der Waals surface area (Å²) in [5.41, 5.74) is -0.370. The number of ether oxygens (including phenoxy) is 1. The number of nitro groups is 1. The van der Waals surface area contributed by atoms with Gasteiger partial charge in [0.1, 0.15) is 5.75 Å². The third-order valence-electron chi connectivity index (χ3n) is 3.31. The van der Waals surface area contributed by atoms with Crippen LogP contribution in [-0.2, 0) is 0 Å². The molecule has 0 fully saturated rings. The van der Waals surface area contributed by atoms with Gasteiger partial charge < -0.3 is 15.2 Å². The van der Waals surface area contributed by atoms with Gasteiger partial charge in [-0.05, 0) is 18.4 Å². The van der Waals surface area contributed by atoms with Gasteiger partial charge >= 0.3 is 0 Å². The van der Waals surface area contributed by atoms with Crippen molar-refractivity contribution >= 4 is 11.6 Å². The van der Waals surface area contributed by atoms with Crippen LogP contribution >= 0.6 is 0 Å². The van der Waals surface area contributed by atoms with Gasteiger partial charge in [-0.2, -0.15) is 0 Å². The summed E-state index contributed by atoms with van der Waals surface area (Å²) in [6.07, 6.45) is 1.37. The summed E-state index contributed by atoms with van der Waals surface area (Å²) in [6.45, 7) is 2.35. The number of methoxy groups -OCH3 is 1. The van der Waals surface area contributed by atoms with E-state index in [1.807, 2.05) is 6.92 Å². The van der Waals surface area contributed by atoms with Crippen LogP contribution in [0.25, 0.3) is 0 Å². The molecule has 0 bridgehead atoms. The minimum Gasteiger partial charge on any atom is -0.496 e. The van der Waals surface area contributed by atoms with Crippen LogP contribution in [0.2, 0.25) is 0 Å². The van der Waals surface area contributed by atoms with Crippen molar-refractivity contribution in [1.29, 1.82) is 0 Å². The SMILES string of the molecule is CCC(CCO)CNC(=O)c1c(OC)cccc1[N+](=O)[O-]. The van der Waals surface area contributed by atoms with E-state index in [-0.39, 0.29) is 29.5 Å². The monoisotopic (exact) mass is 296 g/mol. The van der Waals surface area contributed by atoms with Gasteiger partial charge in [0.2, 0.25) is 0 Å². The Balaban J connectivity index is 2.93. The molecule has 1 atom stereocenters. The quantitative estimate of drug-likeness (QED) is 0.562. The molecule has 0 heterocycles. The second-order valence-corrected chi connectivity index (χ2v) is 4.61. The number of amides is 1. The molecule has 0 aliphatic carbocycles. The summed E-state index contributed by atoms with van der Waals surface area (Å²) < 4.78 is 5.03. The molecule has 0 radical (unpaired) electrons. The van der Waals surface area contributed by atoms with E-state index in [1.165, 1.54) is 25.3 Å². The van der Waals surface area contributed by atoms with Crippen LogP contribution in [-0.4, -0.2) is 36.2 Å². The van der Waals surface area contributed by atoms with Crippen molar-refractivity contribution in [3.8, 4) is 5.75 Å². The van der Waals surface area contributed by atoms with Crippen molar-refractivity contribution in [2.45, 2.75) is 19.8 Å². The molecule has 1 aromatic rings. The van der Waals surface area contributed by atoms with Crippen molar-refractivity contribution < 1.29 is 19.6 Å². The predicted molar refractivity (Wildman–Crippen MR) is 77.5 cm³/mol. The van der Waals surface area contributed by atoms with Gasteiger partial charge in [-0.3, -0.25) is 14.9 Å². The van der Waals surface area contributed by atoms with Gasteiger partial charge in [0.05, 0.1) is 12.0 Å². The van der Waals surface area contributed by atoms with Gasteiger partial charge in [-0.25, -0.2) is 0 Å². The number of aliphatic hydroxyl groups excluding tert-OH is 1. The fourth-order valence-electron chi connectivity index (χ4n) is 2.03. The van der Waals surface area contributed by atoms with E-state index >= 15 is 0 Å². The number of nitrogens with zero attached hydrogens (tertiary/aromatic N) is 1. The molecular formula is C14H20N2O5. The molecule has 0 saturated heterocycles. The Kier molecular flexibility index (Phi) is 6.61. The second-order valence-electron chi connectivity index (χ2n) is 4.61. The third-order valence-corrected chi connectivity index (χ3v) is 3.31. The van der Waals surface area contributed by atoms with E-state index in [0.29, 0.717) is 13.0 Å². The number of hydrogen-bond acceptors (Lipinski definition) is 5. The Morgan fingerprint density at radius 1 is 1.52 bits per heavy atom. The molecule has 21 heavy (non-hydrogen) atoms. The minimum atomic E-state index is -0.609. The second kappa shape index (κ2) is 8.21. The molecule has 116 valence electrons. The van der Waals surface area contributed by atoms with Gasteiger partial charge in [0.15, 0.2) is 5.56 Å². The zero-order valence-corrected chi connectivity index (χ0v) is 12.2. The molecule has 1 aromatic carbocycles. The Labute approximate surface area is 123 Å². The molecular weight excluding hydrogens is 276 g/mol. The first-order chi connectivity index (χ1) is 10.0. The molecule has 0 aliphatic rings. The lowest BCUT2D eigenvalue weighted by molar-refractivity contribution is -0.385. The first-order valence-corrected chi connectivity index (χ1v) is 6.75. The molecule has 1 unspecified atom stereocenters. The van der Waals surface area contributed by atoms with E-state index in [1.54, 1.807) is 0 Å². The highest BCUT2D eigenvalue weighted by Crippen LogP contribution is 2.28. The zero-order chi connectivity index (χ0) is 15.8. The lowest BCUT2D eigenvalue weighted by atomic mass is 10.0. The summed E-state index contributed by atoms with van der Waals surface area (Å²) in [5.74, 6) is -0.250. The fourth-order valence-corrected chi connectivity index (χ4v) is 2.03. The van der Waals surface area contributed by atoms with Crippen LogP contribution in [0.3, 0.4) is 0 Å². The molecule has 0 saturated carbocycles. The number of aliphatic hydroxyl groups is 1. The minimum absolute atomic E-state index is 0.0448. The number of hydrogen-bond donors (Lipinski definition) is 2. The van der Waals surface area contributed by atoms with Crippen LogP contribution in [0.4, 0.5) is 5.69 Å². The molecule has 0 aromatic heterocycles. The number of rotatable bonds is 8. The Morgan fingerprint density at radius 2 is 2.24 bits per heavy atom. The predicted octanol–water partition coefficient (Wildman–Crippen LogP) is 1.74. The lowest BCUT2D eigenvalue weighted by Gasteiger charge is -2.15. The maximum Gasteiger partial charge on any atom is 0.285 e. The molecule has 0 spiro atoms. The van der Waals surface area contributed by atoms with Crippen LogP contribution in [0.15, 0.2) is 18.2 Å². The molecule has 1 rings (SSSR count). The molecule has 7 heteroatoms. The van der Waals surface area contributed by atoms with Crippen LogP contribution < -0.4 is 10.1 Å². The van der Waals surface area contributed by atoms with Gasteiger partial charge in [0, 0.05) is 19.2 Å². The van der Waals surface area contributed by atoms with Crippen molar-refractivity contribution in [3.05, 3.63) is 33.9 Å². The average Bonchev–Trinajstić information content (AvgIpc) is 2.50. The van der Waals surface area contributed by atoms with Gasteiger partial charge in [0.25, 0.3) is 11.6 Å². The average molecular weight is 296 g/mol. The first-order valence-electron chi connectivity index (χ1n) is 6.75. The summed E-state index contributed by atoms with van der Waals surface area (Å²) in [7, 11) is 1.36. The Morgan fingerprint density at radius 3 is 2.76 bits per heavy atom. The van der Waals surface area contributed by atoms with E-state index in [0.717, 1.165) is 6.42 Å². The van der Waals surface area contributed by atoms with Crippen molar-refractivity contribution in [2.75, 3.05) is 20.3 Å². The Bertz CT molecular complexity index is 504. The molecule has 2 N–H and O–H groups in total. The van der Waals surface area contributed by atoms with E-state index in [2.05, 4.69) is 5.32 Å². The molecule has 1 amide bonds. The zero-order valence-electron chi connectivity index (χ0n) is 12.2. The number of nitrogens with one attached hydrogen (secondary N) is 1. The van der Waals surface area contributed by atoms with Gasteiger partial charge in [-0.15, -0.1) is 0 Å². The van der Waals surface area contributed by atoms with Crippen molar-refractivity contribution in [3.63, 3.8) is 0 Å². The summed E-state index contributed by atoms with van der Waals surface area (Å²) >= 11 is 0. The standard InChI is InChI=1S/C14H20N2O5/c1-3-10(7-8-17)9-15-14(18)13-11(16(19)20)5-4-6-12(13)21-2/h4-6,10,17H,3,7-9H2,1-2H3,(H,15,18). The van der Waals surface area contributed by atoms with Crippen molar-refractivity contribution in [1.82, 2.24) is 5.32 Å². The van der Waals surface area contributed by atoms with Gasteiger partial charge in [-0.1, -0.05) is 19.4 Å². The van der Waals surface area contributed by atoms with Crippen LogP contribution in [0, 0.1) is 16.0 Å². The largest absolute Gasteiger partial charge is 0.496 e. The van der Waals surface area contributed by atoms with Crippen LogP contribution in [0.5, 0.6) is 5.75 Å². The third kappa shape index (κ3) is 4.42. The van der Waals surface area contributed by atoms with Crippen molar-refractivity contribution in [2.24, 2.45) is 5.92 Å². The van der Waals surface area contributed by atoms with Crippen LogP contribution in [0.1, 0.15) is 30.1 Å². The summed E-state index contributed by atoms with van der Waals surface area (Å²) in [6, 6.07) is 4.24. The van der Waals surface area contributed by atoms with E-state index in [4.69, 9.17) is 9.84 Å². The van der Waals surface area contributed by atoms with E-state index in [9.17, 15) is 14.9 Å². The van der Waals surface area contributed by atoms with E-state index < -0.39 is 10.8 Å².